The monoisotopic (exact) mass is 736 g/mol. The Kier molecular flexibility index (Phi) is 42.1. The Morgan fingerprint density at radius 3 is 1.06 bits per heavy atom. The topological polar surface area (TPSA) is 89.8 Å². The molecule has 0 saturated carbocycles. The Morgan fingerprint density at radius 2 is 0.731 bits per heavy atom. The van der Waals surface area contributed by atoms with Crippen molar-refractivity contribution in [3.05, 3.63) is 12.2 Å². The zero-order valence-electron chi connectivity index (χ0n) is 35.2. The number of nitrogens with one attached hydrogen (secondary N) is 1. The molecule has 4 N–H and O–H groups in total. The van der Waals surface area contributed by atoms with E-state index in [1.54, 1.807) is 0 Å². The van der Waals surface area contributed by atoms with Crippen LogP contribution in [0.2, 0.25) is 0 Å². The van der Waals surface area contributed by atoms with E-state index in [-0.39, 0.29) is 6.61 Å². The molecule has 5 nitrogen and oxygen atoms in total. The summed E-state index contributed by atoms with van der Waals surface area (Å²) < 4.78 is 0. The molecule has 3 atom stereocenters. The number of carbonyl (C=O) groups is 1. The van der Waals surface area contributed by atoms with Gasteiger partial charge in [0.15, 0.2) is 0 Å². The molecule has 0 saturated heterocycles. The van der Waals surface area contributed by atoms with E-state index in [0.717, 1.165) is 32.1 Å². The third kappa shape index (κ3) is 37.4. The number of carbonyl (C=O) groups excluding carboxylic acids is 1. The molecule has 3 unspecified atom stereocenters. The zero-order valence-corrected chi connectivity index (χ0v) is 35.2. The average Bonchev–Trinajstić information content (AvgIpc) is 3.15. The molecule has 0 aromatic heterocycles. The first-order chi connectivity index (χ1) is 25.6. The van der Waals surface area contributed by atoms with Gasteiger partial charge in [0.1, 0.15) is 6.10 Å². The number of allylic oxidation sites excluding steroid dienone is 2. The van der Waals surface area contributed by atoms with Crippen LogP contribution in [0.5, 0.6) is 0 Å². The van der Waals surface area contributed by atoms with Crippen LogP contribution in [0.3, 0.4) is 0 Å². The number of amides is 1. The molecule has 0 aliphatic carbocycles. The molecular weight excluding hydrogens is 643 g/mol. The molecule has 0 aromatic carbocycles. The predicted molar refractivity (Wildman–Crippen MR) is 227 cm³/mol. The maximum absolute atomic E-state index is 12.5. The maximum Gasteiger partial charge on any atom is 0.249 e. The van der Waals surface area contributed by atoms with Gasteiger partial charge in [-0.05, 0) is 38.5 Å². The minimum Gasteiger partial charge on any atom is -0.394 e. The molecule has 52 heavy (non-hydrogen) atoms. The van der Waals surface area contributed by atoms with E-state index in [0.29, 0.717) is 12.8 Å². The smallest absolute Gasteiger partial charge is 0.249 e. The molecule has 0 radical (unpaired) electrons. The number of unbranched alkanes of at least 4 members (excludes halogenated alkanes) is 33. The van der Waals surface area contributed by atoms with Gasteiger partial charge in [-0.1, -0.05) is 231 Å². The van der Waals surface area contributed by atoms with Gasteiger partial charge in [-0.3, -0.25) is 4.79 Å². The van der Waals surface area contributed by atoms with Crippen LogP contribution in [0.1, 0.15) is 258 Å². The van der Waals surface area contributed by atoms with Gasteiger partial charge in [-0.2, -0.15) is 0 Å². The molecule has 0 fully saturated rings. The third-order valence-corrected chi connectivity index (χ3v) is 11.1. The number of hydrogen-bond donors (Lipinski definition) is 4. The van der Waals surface area contributed by atoms with E-state index in [1.807, 2.05) is 0 Å². The van der Waals surface area contributed by atoms with Crippen LogP contribution in [0.25, 0.3) is 0 Å². The van der Waals surface area contributed by atoms with Gasteiger partial charge in [0, 0.05) is 0 Å². The van der Waals surface area contributed by atoms with Gasteiger partial charge in [0.05, 0.1) is 18.8 Å². The average molecular weight is 736 g/mol. The SMILES string of the molecule is CCCCCCCCCCCCC/C=C\CCCCCCCCC(O)C(=O)NC(CO)C(O)CCCCCCCCCCCCCCCCCCC. The van der Waals surface area contributed by atoms with Crippen molar-refractivity contribution in [3.8, 4) is 0 Å². The van der Waals surface area contributed by atoms with Crippen molar-refractivity contribution in [1.82, 2.24) is 5.32 Å². The van der Waals surface area contributed by atoms with Crippen molar-refractivity contribution in [2.45, 2.75) is 276 Å². The van der Waals surface area contributed by atoms with Crippen molar-refractivity contribution in [3.63, 3.8) is 0 Å². The van der Waals surface area contributed by atoms with E-state index in [4.69, 9.17) is 0 Å². The van der Waals surface area contributed by atoms with Crippen molar-refractivity contribution in [2.24, 2.45) is 0 Å². The van der Waals surface area contributed by atoms with Gasteiger partial charge < -0.3 is 20.6 Å². The fraction of sp³-hybridized carbons (Fsp3) is 0.936. The van der Waals surface area contributed by atoms with Crippen LogP contribution in [-0.2, 0) is 4.79 Å². The molecule has 5 heteroatoms. The maximum atomic E-state index is 12.5. The van der Waals surface area contributed by atoms with Crippen LogP contribution < -0.4 is 5.32 Å². The first-order valence-electron chi connectivity index (χ1n) is 23.5. The molecule has 310 valence electrons. The summed E-state index contributed by atoms with van der Waals surface area (Å²) in [4.78, 5) is 12.5. The van der Waals surface area contributed by atoms with Crippen LogP contribution in [-0.4, -0.2) is 46.1 Å². The Balaban J connectivity index is 3.59. The second kappa shape index (κ2) is 42.8. The first kappa shape index (κ1) is 51.1. The second-order valence-corrected chi connectivity index (χ2v) is 16.3. The summed E-state index contributed by atoms with van der Waals surface area (Å²) in [5.41, 5.74) is 0. The summed E-state index contributed by atoms with van der Waals surface area (Å²) in [7, 11) is 0. The van der Waals surface area contributed by atoms with Gasteiger partial charge in [0.2, 0.25) is 5.91 Å². The van der Waals surface area contributed by atoms with E-state index in [2.05, 4.69) is 31.3 Å². The quantitative estimate of drug-likeness (QED) is 0.0371. The predicted octanol–water partition coefficient (Wildman–Crippen LogP) is 13.6. The largest absolute Gasteiger partial charge is 0.394 e. The standard InChI is InChI=1S/C47H93NO4/c1-3-5-7-9-11-13-15-17-19-21-22-23-24-26-28-30-32-34-36-38-40-42-46(51)47(52)48-44(43-49)45(50)41-39-37-35-33-31-29-27-25-20-18-16-14-12-10-8-6-4-2/h24,26,44-46,49-51H,3-23,25,27-43H2,1-2H3,(H,48,52)/b26-24-. The minimum atomic E-state index is -1.08. The highest BCUT2D eigenvalue weighted by atomic mass is 16.3. The van der Waals surface area contributed by atoms with E-state index < -0.39 is 24.2 Å². The highest BCUT2D eigenvalue weighted by Crippen LogP contribution is 2.17. The van der Waals surface area contributed by atoms with E-state index in [9.17, 15) is 20.1 Å². The lowest BCUT2D eigenvalue weighted by Crippen LogP contribution is -2.49. The molecule has 0 rings (SSSR count). The van der Waals surface area contributed by atoms with Gasteiger partial charge in [-0.15, -0.1) is 0 Å². The summed E-state index contributed by atoms with van der Waals surface area (Å²) in [6, 6.07) is -0.711. The number of aliphatic hydroxyl groups is 3. The first-order valence-corrected chi connectivity index (χ1v) is 23.5. The summed E-state index contributed by atoms with van der Waals surface area (Å²) >= 11 is 0. The van der Waals surface area contributed by atoms with Crippen LogP contribution in [0, 0.1) is 0 Å². The van der Waals surface area contributed by atoms with Crippen molar-refractivity contribution in [1.29, 1.82) is 0 Å². The molecular formula is C47H93NO4. The van der Waals surface area contributed by atoms with Gasteiger partial charge >= 0.3 is 0 Å². The highest BCUT2D eigenvalue weighted by molar-refractivity contribution is 5.80. The van der Waals surface area contributed by atoms with Gasteiger partial charge in [-0.25, -0.2) is 0 Å². The minimum absolute atomic E-state index is 0.312. The van der Waals surface area contributed by atoms with E-state index >= 15 is 0 Å². The number of rotatable bonds is 43. The van der Waals surface area contributed by atoms with Crippen molar-refractivity contribution < 1.29 is 20.1 Å². The van der Waals surface area contributed by atoms with Crippen LogP contribution >= 0.6 is 0 Å². The lowest BCUT2D eigenvalue weighted by Gasteiger charge is -2.23. The molecule has 0 bridgehead atoms. The summed E-state index contributed by atoms with van der Waals surface area (Å²) in [6.07, 6.45) is 50.7. The molecule has 0 spiro atoms. The Morgan fingerprint density at radius 1 is 0.442 bits per heavy atom. The Hall–Kier alpha value is -0.910. The zero-order chi connectivity index (χ0) is 38.0. The summed E-state index contributed by atoms with van der Waals surface area (Å²) in [5.74, 6) is -0.472. The number of aliphatic hydroxyl groups excluding tert-OH is 3. The summed E-state index contributed by atoms with van der Waals surface area (Å²) in [6.45, 7) is 4.25. The second-order valence-electron chi connectivity index (χ2n) is 16.3. The number of hydrogen-bond acceptors (Lipinski definition) is 4. The van der Waals surface area contributed by atoms with Crippen molar-refractivity contribution in [2.75, 3.05) is 6.61 Å². The summed E-state index contributed by atoms with van der Waals surface area (Å²) in [5, 5.41) is 33.4. The normalized spacial score (nSPS) is 13.6. The van der Waals surface area contributed by atoms with E-state index in [1.165, 1.54) is 199 Å². The van der Waals surface area contributed by atoms with Crippen LogP contribution in [0.4, 0.5) is 0 Å². The highest BCUT2D eigenvalue weighted by Gasteiger charge is 2.23. The third-order valence-electron chi connectivity index (χ3n) is 11.1. The lowest BCUT2D eigenvalue weighted by atomic mass is 10.0. The van der Waals surface area contributed by atoms with Gasteiger partial charge in [0.25, 0.3) is 0 Å². The molecule has 1 amide bonds. The Labute approximate surface area is 325 Å². The molecule has 0 aromatic rings. The molecule has 0 heterocycles. The Bertz CT molecular complexity index is 728. The lowest BCUT2D eigenvalue weighted by molar-refractivity contribution is -0.131. The fourth-order valence-electron chi connectivity index (χ4n) is 7.42. The van der Waals surface area contributed by atoms with Crippen LogP contribution in [0.15, 0.2) is 12.2 Å². The van der Waals surface area contributed by atoms with Crippen molar-refractivity contribution >= 4 is 5.91 Å². The molecule has 0 aliphatic heterocycles. The fourth-order valence-corrected chi connectivity index (χ4v) is 7.42. The molecule has 0 aliphatic rings.